The Labute approximate surface area is 93.5 Å². The maximum Gasteiger partial charge on any atom is 0.146 e. The molecule has 2 rings (SSSR count). The second kappa shape index (κ2) is 4.32. The van der Waals surface area contributed by atoms with E-state index in [0.29, 0.717) is 16.5 Å². The van der Waals surface area contributed by atoms with E-state index in [2.05, 4.69) is 4.98 Å². The number of hydrogen-bond acceptors (Lipinski definition) is 2. The van der Waals surface area contributed by atoms with E-state index in [1.165, 1.54) is 0 Å². The van der Waals surface area contributed by atoms with Crippen LogP contribution < -0.4 is 4.74 Å². The molecule has 0 aliphatic rings. The molecule has 1 aromatic heterocycles. The monoisotopic (exact) mass is 219 g/mol. The van der Waals surface area contributed by atoms with E-state index in [0.717, 1.165) is 5.56 Å². The van der Waals surface area contributed by atoms with Gasteiger partial charge in [-0.2, -0.15) is 0 Å². The molecule has 76 valence electrons. The fraction of sp³-hybridized carbons (Fsp3) is 0.0833. The molecule has 0 aliphatic carbocycles. The Morgan fingerprint density at radius 3 is 2.87 bits per heavy atom. The highest BCUT2D eigenvalue weighted by molar-refractivity contribution is 6.32. The molecular weight excluding hydrogens is 210 g/mol. The fourth-order valence-electron chi connectivity index (χ4n) is 1.22. The van der Waals surface area contributed by atoms with E-state index >= 15 is 0 Å². The highest BCUT2D eigenvalue weighted by Crippen LogP contribution is 2.29. The van der Waals surface area contributed by atoms with Crippen molar-refractivity contribution in [1.82, 2.24) is 4.98 Å². The van der Waals surface area contributed by atoms with E-state index in [1.54, 1.807) is 12.4 Å². The van der Waals surface area contributed by atoms with Crippen molar-refractivity contribution in [2.24, 2.45) is 0 Å². The minimum atomic E-state index is 0.601. The molecule has 0 saturated heterocycles. The highest BCUT2D eigenvalue weighted by Gasteiger charge is 2.02. The number of rotatable bonds is 2. The van der Waals surface area contributed by atoms with Gasteiger partial charge in [0.15, 0.2) is 0 Å². The quantitative estimate of drug-likeness (QED) is 0.766. The van der Waals surface area contributed by atoms with Gasteiger partial charge >= 0.3 is 0 Å². The molecule has 2 nitrogen and oxygen atoms in total. The van der Waals surface area contributed by atoms with E-state index < -0.39 is 0 Å². The summed E-state index contributed by atoms with van der Waals surface area (Å²) in [6.07, 6.45) is 3.35. The fourth-order valence-corrected chi connectivity index (χ4v) is 1.38. The van der Waals surface area contributed by atoms with Gasteiger partial charge in [-0.15, -0.1) is 0 Å². The van der Waals surface area contributed by atoms with Gasteiger partial charge in [-0.1, -0.05) is 17.7 Å². The molecule has 0 unspecified atom stereocenters. The second-order valence-corrected chi connectivity index (χ2v) is 3.63. The third-order valence-electron chi connectivity index (χ3n) is 1.95. The Hall–Kier alpha value is -1.54. The zero-order chi connectivity index (χ0) is 10.7. The Morgan fingerprint density at radius 2 is 2.13 bits per heavy atom. The lowest BCUT2D eigenvalue weighted by Crippen LogP contribution is -1.86. The average molecular weight is 220 g/mol. The van der Waals surface area contributed by atoms with Gasteiger partial charge in [0.05, 0.1) is 11.2 Å². The number of pyridine rings is 1. The number of aryl methyl sites for hydroxylation is 1. The first-order chi connectivity index (χ1) is 7.25. The molecule has 3 heteroatoms. The van der Waals surface area contributed by atoms with E-state index in [9.17, 15) is 0 Å². The van der Waals surface area contributed by atoms with Crippen molar-refractivity contribution in [2.75, 3.05) is 0 Å². The smallest absolute Gasteiger partial charge is 0.146 e. The van der Waals surface area contributed by atoms with Gasteiger partial charge in [0.2, 0.25) is 0 Å². The number of hydrogen-bond donors (Lipinski definition) is 0. The Bertz CT molecular complexity index is 456. The van der Waals surface area contributed by atoms with Crippen LogP contribution in [0.5, 0.6) is 11.5 Å². The van der Waals surface area contributed by atoms with Crippen LogP contribution in [-0.2, 0) is 0 Å². The van der Waals surface area contributed by atoms with Crippen molar-refractivity contribution in [3.05, 3.63) is 53.3 Å². The van der Waals surface area contributed by atoms with Gasteiger partial charge < -0.3 is 4.74 Å². The van der Waals surface area contributed by atoms with Crippen LogP contribution in [-0.4, -0.2) is 4.98 Å². The zero-order valence-corrected chi connectivity index (χ0v) is 9.03. The van der Waals surface area contributed by atoms with Gasteiger partial charge in [-0.3, -0.25) is 4.98 Å². The molecule has 0 radical (unpaired) electrons. The third-order valence-corrected chi connectivity index (χ3v) is 2.26. The lowest BCUT2D eigenvalue weighted by atomic mass is 10.2. The lowest BCUT2D eigenvalue weighted by molar-refractivity contribution is 0.480. The Balaban J connectivity index is 2.28. The molecule has 0 bridgehead atoms. The van der Waals surface area contributed by atoms with Crippen molar-refractivity contribution in [1.29, 1.82) is 0 Å². The minimum Gasteiger partial charge on any atom is -0.454 e. The SMILES string of the molecule is Cc1ccc(Cl)c(Oc2cccnc2)c1. The predicted molar refractivity (Wildman–Crippen MR) is 60.5 cm³/mol. The highest BCUT2D eigenvalue weighted by atomic mass is 35.5. The van der Waals surface area contributed by atoms with Crippen LogP contribution in [0.15, 0.2) is 42.7 Å². The maximum atomic E-state index is 6.00. The van der Waals surface area contributed by atoms with E-state index in [1.807, 2.05) is 37.3 Å². The summed E-state index contributed by atoms with van der Waals surface area (Å²) >= 11 is 6.00. The summed E-state index contributed by atoms with van der Waals surface area (Å²) < 4.78 is 5.60. The molecule has 15 heavy (non-hydrogen) atoms. The summed E-state index contributed by atoms with van der Waals surface area (Å²) in [4.78, 5) is 3.96. The number of ether oxygens (including phenoxy) is 1. The molecular formula is C12H10ClNO. The van der Waals surface area contributed by atoms with Gasteiger partial charge in [0.1, 0.15) is 11.5 Å². The molecule has 1 heterocycles. The lowest BCUT2D eigenvalue weighted by Gasteiger charge is -2.07. The van der Waals surface area contributed by atoms with E-state index in [-0.39, 0.29) is 0 Å². The van der Waals surface area contributed by atoms with E-state index in [4.69, 9.17) is 16.3 Å². The minimum absolute atomic E-state index is 0.601. The molecule has 1 aromatic carbocycles. The van der Waals surface area contributed by atoms with Crippen molar-refractivity contribution in [2.45, 2.75) is 6.92 Å². The van der Waals surface area contributed by atoms with Crippen LogP contribution in [0.25, 0.3) is 0 Å². The van der Waals surface area contributed by atoms with Crippen LogP contribution in [0.1, 0.15) is 5.56 Å². The number of halogens is 1. The molecule has 0 saturated carbocycles. The molecule has 0 aliphatic heterocycles. The summed E-state index contributed by atoms with van der Waals surface area (Å²) in [7, 11) is 0. The van der Waals surface area contributed by atoms with Crippen LogP contribution >= 0.6 is 11.6 Å². The molecule has 2 aromatic rings. The summed E-state index contributed by atoms with van der Waals surface area (Å²) in [5, 5.41) is 0.601. The van der Waals surface area contributed by atoms with Crippen molar-refractivity contribution in [3.8, 4) is 11.5 Å². The largest absolute Gasteiger partial charge is 0.454 e. The standard InChI is InChI=1S/C12H10ClNO/c1-9-4-5-11(13)12(7-9)15-10-3-2-6-14-8-10/h2-8H,1H3. The van der Waals surface area contributed by atoms with Crippen molar-refractivity contribution in [3.63, 3.8) is 0 Å². The van der Waals surface area contributed by atoms with Crippen LogP contribution in [0.3, 0.4) is 0 Å². The normalized spacial score (nSPS) is 10.0. The van der Waals surface area contributed by atoms with Gasteiger partial charge in [0, 0.05) is 6.20 Å². The third kappa shape index (κ3) is 2.48. The number of nitrogens with zero attached hydrogens (tertiary/aromatic N) is 1. The zero-order valence-electron chi connectivity index (χ0n) is 8.27. The second-order valence-electron chi connectivity index (χ2n) is 3.22. The topological polar surface area (TPSA) is 22.1 Å². The predicted octanol–water partition coefficient (Wildman–Crippen LogP) is 3.84. The number of aromatic nitrogens is 1. The molecule has 0 spiro atoms. The Morgan fingerprint density at radius 1 is 1.27 bits per heavy atom. The van der Waals surface area contributed by atoms with Gasteiger partial charge in [-0.25, -0.2) is 0 Å². The van der Waals surface area contributed by atoms with Crippen molar-refractivity contribution < 1.29 is 4.74 Å². The van der Waals surface area contributed by atoms with Crippen LogP contribution in [0.2, 0.25) is 5.02 Å². The van der Waals surface area contributed by atoms with Gasteiger partial charge in [-0.05, 0) is 36.8 Å². The summed E-state index contributed by atoms with van der Waals surface area (Å²) in [6.45, 7) is 1.99. The molecule has 0 fully saturated rings. The van der Waals surface area contributed by atoms with Gasteiger partial charge in [0.25, 0.3) is 0 Å². The van der Waals surface area contributed by atoms with Crippen molar-refractivity contribution >= 4 is 11.6 Å². The van der Waals surface area contributed by atoms with Crippen LogP contribution in [0.4, 0.5) is 0 Å². The maximum absolute atomic E-state index is 6.00. The summed E-state index contributed by atoms with van der Waals surface area (Å²) in [6, 6.07) is 9.32. The molecule has 0 amide bonds. The van der Waals surface area contributed by atoms with Crippen LogP contribution in [0, 0.1) is 6.92 Å². The first-order valence-electron chi connectivity index (χ1n) is 4.60. The number of benzene rings is 1. The molecule has 0 atom stereocenters. The Kier molecular flexibility index (Phi) is 2.88. The summed E-state index contributed by atoms with van der Waals surface area (Å²) in [5.41, 5.74) is 1.11. The average Bonchev–Trinajstić information content (AvgIpc) is 2.25. The summed E-state index contributed by atoms with van der Waals surface area (Å²) in [5.74, 6) is 1.34. The molecule has 0 N–H and O–H groups in total. The first kappa shape index (κ1) is 9.99. The first-order valence-corrected chi connectivity index (χ1v) is 4.97.